The maximum absolute atomic E-state index is 12.6. The van der Waals surface area contributed by atoms with Crippen molar-refractivity contribution in [1.82, 2.24) is 10.6 Å². The summed E-state index contributed by atoms with van der Waals surface area (Å²) in [7, 11) is 0. The van der Waals surface area contributed by atoms with E-state index in [-0.39, 0.29) is 18.9 Å². The average Bonchev–Trinajstić information content (AvgIpc) is 3.09. The molecule has 2 aromatic carbocycles. The van der Waals surface area contributed by atoms with Crippen LogP contribution in [-0.4, -0.2) is 41.3 Å². The van der Waals surface area contributed by atoms with Crippen molar-refractivity contribution in [3.8, 4) is 11.1 Å². The standard InChI is InChI=1S/C25H30N2O5/c1-4-14-25(3,23(29)30)27-22(28)21(5-2)26-24(31)32-15-20-18-12-8-6-10-16(18)17-11-7-9-13-19(17)20/h6-13,20-21H,4-5,14-15H2,1-3H3,(H,26,31)(H,27,28)(H,29,30)/t21-,25?/m1/s1. The predicted octanol–water partition coefficient (Wildman–Crippen LogP) is 4.06. The first kappa shape index (κ1) is 23.3. The Balaban J connectivity index is 1.64. The molecule has 7 heteroatoms. The van der Waals surface area contributed by atoms with E-state index in [2.05, 4.69) is 22.8 Å². The Kier molecular flexibility index (Phi) is 7.18. The van der Waals surface area contributed by atoms with Crippen molar-refractivity contribution in [3.63, 3.8) is 0 Å². The van der Waals surface area contributed by atoms with E-state index >= 15 is 0 Å². The van der Waals surface area contributed by atoms with Gasteiger partial charge in [-0.1, -0.05) is 68.8 Å². The van der Waals surface area contributed by atoms with Gasteiger partial charge in [-0.25, -0.2) is 9.59 Å². The minimum Gasteiger partial charge on any atom is -0.480 e. The van der Waals surface area contributed by atoms with E-state index in [4.69, 9.17) is 4.74 Å². The molecule has 0 radical (unpaired) electrons. The number of hydrogen-bond acceptors (Lipinski definition) is 4. The monoisotopic (exact) mass is 438 g/mol. The van der Waals surface area contributed by atoms with Gasteiger partial charge in [0.2, 0.25) is 5.91 Å². The smallest absolute Gasteiger partial charge is 0.407 e. The first-order chi connectivity index (χ1) is 15.3. The van der Waals surface area contributed by atoms with Gasteiger partial charge in [0, 0.05) is 5.92 Å². The largest absolute Gasteiger partial charge is 0.480 e. The SMILES string of the molecule is CCCC(C)(NC(=O)[C@@H](CC)NC(=O)OCC1c2ccccc2-c2ccccc21)C(=O)O. The molecule has 0 heterocycles. The van der Waals surface area contributed by atoms with Crippen molar-refractivity contribution in [3.05, 3.63) is 59.7 Å². The van der Waals surface area contributed by atoms with E-state index in [0.717, 1.165) is 22.3 Å². The second-order valence-corrected chi connectivity index (χ2v) is 8.31. The zero-order valence-electron chi connectivity index (χ0n) is 18.7. The summed E-state index contributed by atoms with van der Waals surface area (Å²) in [6.07, 6.45) is 0.480. The summed E-state index contributed by atoms with van der Waals surface area (Å²) in [5.41, 5.74) is 3.08. The molecule has 2 amide bonds. The molecule has 32 heavy (non-hydrogen) atoms. The maximum atomic E-state index is 12.6. The van der Waals surface area contributed by atoms with Crippen molar-refractivity contribution >= 4 is 18.0 Å². The predicted molar refractivity (Wildman–Crippen MR) is 121 cm³/mol. The summed E-state index contributed by atoms with van der Waals surface area (Å²) in [5.74, 6) is -1.73. The van der Waals surface area contributed by atoms with Gasteiger partial charge in [-0.2, -0.15) is 0 Å². The summed E-state index contributed by atoms with van der Waals surface area (Å²) in [6.45, 7) is 5.20. The first-order valence-electron chi connectivity index (χ1n) is 11.0. The quantitative estimate of drug-likeness (QED) is 0.548. The Hall–Kier alpha value is -3.35. The van der Waals surface area contributed by atoms with Gasteiger partial charge in [-0.3, -0.25) is 4.79 Å². The highest BCUT2D eigenvalue weighted by atomic mass is 16.5. The minimum absolute atomic E-state index is 0.0816. The van der Waals surface area contributed by atoms with Crippen LogP contribution >= 0.6 is 0 Å². The van der Waals surface area contributed by atoms with Gasteiger partial charge < -0.3 is 20.5 Å². The lowest BCUT2D eigenvalue weighted by atomic mass is 9.95. The molecule has 0 aromatic heterocycles. The Morgan fingerprint density at radius 1 is 1.03 bits per heavy atom. The van der Waals surface area contributed by atoms with Gasteiger partial charge in [0.1, 0.15) is 18.2 Å². The molecular weight excluding hydrogens is 408 g/mol. The van der Waals surface area contributed by atoms with Crippen LogP contribution in [0.1, 0.15) is 57.1 Å². The van der Waals surface area contributed by atoms with Crippen LogP contribution in [0.5, 0.6) is 0 Å². The van der Waals surface area contributed by atoms with Crippen LogP contribution < -0.4 is 10.6 Å². The number of nitrogens with one attached hydrogen (secondary N) is 2. The van der Waals surface area contributed by atoms with Gasteiger partial charge in [0.05, 0.1) is 0 Å². The fourth-order valence-electron chi connectivity index (χ4n) is 4.22. The van der Waals surface area contributed by atoms with E-state index in [1.54, 1.807) is 6.92 Å². The van der Waals surface area contributed by atoms with Crippen LogP contribution in [0.3, 0.4) is 0 Å². The number of carbonyl (C=O) groups is 3. The lowest BCUT2D eigenvalue weighted by Crippen LogP contribution is -2.57. The number of carboxylic acid groups (broad SMARTS) is 1. The van der Waals surface area contributed by atoms with Crippen molar-refractivity contribution in [2.24, 2.45) is 0 Å². The van der Waals surface area contributed by atoms with E-state index in [1.807, 2.05) is 43.3 Å². The van der Waals surface area contributed by atoms with Crippen LogP contribution in [0.4, 0.5) is 4.79 Å². The maximum Gasteiger partial charge on any atom is 0.407 e. The summed E-state index contributed by atoms with van der Waals surface area (Å²) in [6, 6.07) is 15.2. The van der Waals surface area contributed by atoms with Crippen molar-refractivity contribution in [2.75, 3.05) is 6.61 Å². The van der Waals surface area contributed by atoms with Crippen molar-refractivity contribution in [2.45, 2.75) is 57.5 Å². The molecule has 2 aromatic rings. The number of carboxylic acids is 1. The summed E-state index contributed by atoms with van der Waals surface area (Å²) in [5, 5.41) is 14.6. The summed E-state index contributed by atoms with van der Waals surface area (Å²) >= 11 is 0. The number of ether oxygens (including phenoxy) is 1. The molecule has 1 unspecified atom stereocenters. The number of benzene rings is 2. The normalized spacial score (nSPS) is 15.1. The number of rotatable bonds is 9. The van der Waals surface area contributed by atoms with Crippen LogP contribution in [-0.2, 0) is 14.3 Å². The van der Waals surface area contributed by atoms with Crippen molar-refractivity contribution in [1.29, 1.82) is 0 Å². The molecule has 0 saturated carbocycles. The van der Waals surface area contributed by atoms with Gasteiger partial charge in [-0.05, 0) is 42.0 Å². The molecule has 3 N–H and O–H groups in total. The molecule has 0 aliphatic heterocycles. The second kappa shape index (κ2) is 9.85. The van der Waals surface area contributed by atoms with Gasteiger partial charge in [-0.15, -0.1) is 0 Å². The Labute approximate surface area is 188 Å². The van der Waals surface area contributed by atoms with E-state index in [1.165, 1.54) is 6.92 Å². The summed E-state index contributed by atoms with van der Waals surface area (Å²) < 4.78 is 5.50. The van der Waals surface area contributed by atoms with Crippen LogP contribution in [0.15, 0.2) is 48.5 Å². The third-order valence-electron chi connectivity index (χ3n) is 5.98. The molecule has 2 atom stereocenters. The van der Waals surface area contributed by atoms with E-state index in [0.29, 0.717) is 12.8 Å². The number of carbonyl (C=O) groups excluding carboxylic acids is 2. The summed E-state index contributed by atoms with van der Waals surface area (Å²) in [4.78, 5) is 36.7. The first-order valence-corrected chi connectivity index (χ1v) is 11.0. The van der Waals surface area contributed by atoms with E-state index < -0.39 is 29.6 Å². The number of amides is 2. The van der Waals surface area contributed by atoms with Crippen molar-refractivity contribution < 1.29 is 24.2 Å². The molecule has 0 saturated heterocycles. The molecule has 0 spiro atoms. The van der Waals surface area contributed by atoms with Crippen LogP contribution in [0.25, 0.3) is 11.1 Å². The molecule has 0 fully saturated rings. The van der Waals surface area contributed by atoms with Gasteiger partial charge in [0.15, 0.2) is 0 Å². The highest BCUT2D eigenvalue weighted by molar-refractivity contribution is 5.91. The average molecular weight is 439 g/mol. The third kappa shape index (κ3) is 4.77. The molecule has 170 valence electrons. The second-order valence-electron chi connectivity index (χ2n) is 8.31. The van der Waals surface area contributed by atoms with Crippen LogP contribution in [0, 0.1) is 0 Å². The number of fused-ring (bicyclic) bond motifs is 3. The molecule has 0 bridgehead atoms. The third-order valence-corrected chi connectivity index (χ3v) is 5.98. The Bertz CT molecular complexity index is 960. The van der Waals surface area contributed by atoms with Gasteiger partial charge in [0.25, 0.3) is 0 Å². The van der Waals surface area contributed by atoms with E-state index in [9.17, 15) is 19.5 Å². The number of alkyl carbamates (subject to hydrolysis) is 1. The highest BCUT2D eigenvalue weighted by Gasteiger charge is 2.36. The fraction of sp³-hybridized carbons (Fsp3) is 0.400. The van der Waals surface area contributed by atoms with Crippen LogP contribution in [0.2, 0.25) is 0 Å². The lowest BCUT2D eigenvalue weighted by Gasteiger charge is -2.28. The molecule has 1 aliphatic rings. The zero-order valence-corrected chi connectivity index (χ0v) is 18.7. The Morgan fingerprint density at radius 2 is 1.59 bits per heavy atom. The molecular formula is C25H30N2O5. The number of hydrogen-bond donors (Lipinski definition) is 3. The topological polar surface area (TPSA) is 105 Å². The molecule has 1 aliphatic carbocycles. The number of aliphatic carboxylic acids is 1. The molecule has 3 rings (SSSR count). The zero-order chi connectivity index (χ0) is 23.3. The Morgan fingerprint density at radius 3 is 2.09 bits per heavy atom. The highest BCUT2D eigenvalue weighted by Crippen LogP contribution is 2.44. The van der Waals surface area contributed by atoms with Gasteiger partial charge >= 0.3 is 12.1 Å². The molecule has 7 nitrogen and oxygen atoms in total. The fourth-order valence-corrected chi connectivity index (χ4v) is 4.22. The minimum atomic E-state index is -1.39. The lowest BCUT2D eigenvalue weighted by molar-refractivity contribution is -0.147.